The summed E-state index contributed by atoms with van der Waals surface area (Å²) in [6, 6.07) is 4.02. The molecule has 114 valence electrons. The highest BCUT2D eigenvalue weighted by Gasteiger charge is 2.33. The van der Waals surface area contributed by atoms with Crippen LogP contribution < -0.4 is 5.32 Å². The van der Waals surface area contributed by atoms with Gasteiger partial charge in [0.05, 0.1) is 0 Å². The summed E-state index contributed by atoms with van der Waals surface area (Å²) in [5, 5.41) is 3.04. The highest BCUT2D eigenvalue weighted by atomic mass is 79.9. The lowest BCUT2D eigenvalue weighted by molar-refractivity contribution is 0.446. The lowest BCUT2D eigenvalue weighted by atomic mass is 10.1. The standard InChI is InChI=1S/C12H16BrFN2O2S.ClH/c1-15-7-9-4-5-16(8-9)19(17,18)12-3-2-10(13)6-11(12)14;/h2-3,6,9,15H,4-5,7-8H2,1H3;1H. The molecule has 0 amide bonds. The molecule has 1 aliphatic rings. The lowest BCUT2D eigenvalue weighted by Crippen LogP contribution is -2.31. The van der Waals surface area contributed by atoms with Crippen molar-refractivity contribution in [3.05, 3.63) is 28.5 Å². The third-order valence-corrected chi connectivity index (χ3v) is 5.64. The Morgan fingerprint density at radius 3 is 2.80 bits per heavy atom. The largest absolute Gasteiger partial charge is 0.319 e. The van der Waals surface area contributed by atoms with E-state index in [0.717, 1.165) is 13.0 Å². The Morgan fingerprint density at radius 1 is 1.50 bits per heavy atom. The highest BCUT2D eigenvalue weighted by Crippen LogP contribution is 2.27. The molecule has 1 aliphatic heterocycles. The van der Waals surface area contributed by atoms with Crippen molar-refractivity contribution in [3.8, 4) is 0 Å². The summed E-state index contributed by atoms with van der Waals surface area (Å²) in [5.41, 5.74) is 0. The number of hydrogen-bond acceptors (Lipinski definition) is 3. The Morgan fingerprint density at radius 2 is 2.20 bits per heavy atom. The van der Waals surface area contributed by atoms with Crippen molar-refractivity contribution >= 4 is 38.4 Å². The first-order valence-corrected chi connectivity index (χ1v) is 8.28. The molecule has 2 rings (SSSR count). The SMILES string of the molecule is CNCC1CCN(S(=O)(=O)c2ccc(Br)cc2F)C1.Cl. The number of benzene rings is 1. The van der Waals surface area contributed by atoms with E-state index >= 15 is 0 Å². The second-order valence-corrected chi connectivity index (χ2v) is 7.47. The van der Waals surface area contributed by atoms with Crippen LogP contribution >= 0.6 is 28.3 Å². The molecule has 1 aromatic rings. The lowest BCUT2D eigenvalue weighted by Gasteiger charge is -2.17. The molecule has 1 unspecified atom stereocenters. The molecule has 1 N–H and O–H groups in total. The molecule has 1 atom stereocenters. The third kappa shape index (κ3) is 3.71. The van der Waals surface area contributed by atoms with E-state index in [1.807, 2.05) is 7.05 Å². The normalized spacial score (nSPS) is 19.9. The maximum atomic E-state index is 13.8. The van der Waals surface area contributed by atoms with E-state index in [-0.39, 0.29) is 17.3 Å². The Balaban J connectivity index is 0.00000200. The van der Waals surface area contributed by atoms with Crippen molar-refractivity contribution in [3.63, 3.8) is 0 Å². The fourth-order valence-corrected chi connectivity index (χ4v) is 4.20. The number of nitrogens with zero attached hydrogens (tertiary/aromatic N) is 1. The quantitative estimate of drug-likeness (QED) is 0.862. The number of hydrogen-bond donors (Lipinski definition) is 1. The molecule has 1 aromatic carbocycles. The average Bonchev–Trinajstić information content (AvgIpc) is 2.78. The van der Waals surface area contributed by atoms with Gasteiger partial charge in [-0.1, -0.05) is 15.9 Å². The fourth-order valence-electron chi connectivity index (χ4n) is 2.29. The van der Waals surface area contributed by atoms with Crippen LogP contribution in [-0.2, 0) is 10.0 Å². The van der Waals surface area contributed by atoms with Crippen molar-refractivity contribution in [1.29, 1.82) is 0 Å². The van der Waals surface area contributed by atoms with Gasteiger partial charge in [0.15, 0.2) is 0 Å². The van der Waals surface area contributed by atoms with Gasteiger partial charge in [0, 0.05) is 17.6 Å². The van der Waals surface area contributed by atoms with Gasteiger partial charge in [0.2, 0.25) is 10.0 Å². The molecule has 0 saturated carbocycles. The second kappa shape index (κ2) is 7.17. The van der Waals surface area contributed by atoms with Crippen LogP contribution in [0, 0.1) is 11.7 Å². The van der Waals surface area contributed by atoms with Gasteiger partial charge in [-0.25, -0.2) is 12.8 Å². The van der Waals surface area contributed by atoms with Crippen molar-refractivity contribution in [2.45, 2.75) is 11.3 Å². The van der Waals surface area contributed by atoms with Crippen molar-refractivity contribution in [2.24, 2.45) is 5.92 Å². The predicted molar refractivity (Wildman–Crippen MR) is 82.1 cm³/mol. The van der Waals surface area contributed by atoms with Crippen LogP contribution in [0.4, 0.5) is 4.39 Å². The minimum absolute atomic E-state index is 0. The molecular weight excluding hydrogens is 371 g/mol. The number of sulfonamides is 1. The molecule has 8 heteroatoms. The Bertz CT molecular complexity index is 571. The molecule has 1 fully saturated rings. The summed E-state index contributed by atoms with van der Waals surface area (Å²) in [5.74, 6) is -0.426. The van der Waals surface area contributed by atoms with Crippen molar-refractivity contribution in [1.82, 2.24) is 9.62 Å². The molecular formula is C12H17BrClFN2O2S. The van der Waals surface area contributed by atoms with Gasteiger partial charge < -0.3 is 5.32 Å². The zero-order valence-corrected chi connectivity index (χ0v) is 14.2. The van der Waals surface area contributed by atoms with Crippen LogP contribution in [0.25, 0.3) is 0 Å². The van der Waals surface area contributed by atoms with Crippen LogP contribution in [0.15, 0.2) is 27.6 Å². The second-order valence-electron chi connectivity index (χ2n) is 4.65. The van der Waals surface area contributed by atoms with E-state index in [4.69, 9.17) is 0 Å². The van der Waals surface area contributed by atoms with Crippen molar-refractivity contribution in [2.75, 3.05) is 26.7 Å². The molecule has 0 aliphatic carbocycles. The van der Waals surface area contributed by atoms with E-state index in [9.17, 15) is 12.8 Å². The first-order valence-electron chi connectivity index (χ1n) is 6.05. The average molecular weight is 388 g/mol. The van der Waals surface area contributed by atoms with Crippen LogP contribution in [0.5, 0.6) is 0 Å². The van der Waals surface area contributed by atoms with Gasteiger partial charge in [-0.15, -0.1) is 12.4 Å². The predicted octanol–water partition coefficient (Wildman–Crippen LogP) is 2.24. The van der Waals surface area contributed by atoms with E-state index in [1.54, 1.807) is 0 Å². The molecule has 0 spiro atoms. The first-order chi connectivity index (χ1) is 8.95. The molecule has 0 aromatic heterocycles. The summed E-state index contributed by atoms with van der Waals surface area (Å²) < 4.78 is 40.4. The van der Waals surface area contributed by atoms with Gasteiger partial charge in [0.25, 0.3) is 0 Å². The van der Waals surface area contributed by atoms with E-state index in [1.165, 1.54) is 22.5 Å². The Hall–Kier alpha value is -0.210. The molecule has 0 bridgehead atoms. The van der Waals surface area contributed by atoms with Crippen LogP contribution in [0.1, 0.15) is 6.42 Å². The zero-order chi connectivity index (χ0) is 14.0. The molecule has 20 heavy (non-hydrogen) atoms. The summed E-state index contributed by atoms with van der Waals surface area (Å²) in [4.78, 5) is -0.249. The molecule has 1 saturated heterocycles. The maximum absolute atomic E-state index is 13.8. The Kier molecular flexibility index (Phi) is 6.40. The molecule has 1 heterocycles. The minimum atomic E-state index is -3.73. The summed E-state index contributed by atoms with van der Waals surface area (Å²) >= 11 is 3.12. The Labute approximate surface area is 133 Å². The summed E-state index contributed by atoms with van der Waals surface area (Å²) in [7, 11) is -1.89. The van der Waals surface area contributed by atoms with Gasteiger partial charge in [-0.05, 0) is 44.1 Å². The summed E-state index contributed by atoms with van der Waals surface area (Å²) in [6.45, 7) is 1.66. The van der Waals surface area contributed by atoms with Gasteiger partial charge in [-0.2, -0.15) is 4.31 Å². The van der Waals surface area contributed by atoms with Crippen LogP contribution in [0.2, 0.25) is 0 Å². The van der Waals surface area contributed by atoms with E-state index in [0.29, 0.717) is 23.5 Å². The number of rotatable bonds is 4. The maximum Gasteiger partial charge on any atom is 0.245 e. The zero-order valence-electron chi connectivity index (χ0n) is 11.0. The highest BCUT2D eigenvalue weighted by molar-refractivity contribution is 9.10. The van der Waals surface area contributed by atoms with Gasteiger partial charge >= 0.3 is 0 Å². The van der Waals surface area contributed by atoms with Crippen LogP contribution in [-0.4, -0.2) is 39.4 Å². The topological polar surface area (TPSA) is 49.4 Å². The number of halogens is 3. The van der Waals surface area contributed by atoms with Crippen LogP contribution in [0.3, 0.4) is 0 Å². The first kappa shape index (κ1) is 17.8. The fraction of sp³-hybridized carbons (Fsp3) is 0.500. The minimum Gasteiger partial charge on any atom is -0.319 e. The molecule has 4 nitrogen and oxygen atoms in total. The van der Waals surface area contributed by atoms with Gasteiger partial charge in [0.1, 0.15) is 10.7 Å². The molecule has 0 radical (unpaired) electrons. The van der Waals surface area contributed by atoms with Crippen molar-refractivity contribution < 1.29 is 12.8 Å². The monoisotopic (exact) mass is 386 g/mol. The summed E-state index contributed by atoms with van der Waals surface area (Å²) in [6.07, 6.45) is 0.804. The van der Waals surface area contributed by atoms with Gasteiger partial charge in [-0.3, -0.25) is 0 Å². The third-order valence-electron chi connectivity index (χ3n) is 3.25. The number of nitrogens with one attached hydrogen (secondary N) is 1. The van der Waals surface area contributed by atoms with E-state index < -0.39 is 15.8 Å². The smallest absolute Gasteiger partial charge is 0.245 e. The van der Waals surface area contributed by atoms with E-state index in [2.05, 4.69) is 21.2 Å².